The van der Waals surface area contributed by atoms with Crippen LogP contribution in [0.25, 0.3) is 11.0 Å². The van der Waals surface area contributed by atoms with Gasteiger partial charge in [0.2, 0.25) is 5.91 Å². The fourth-order valence-electron chi connectivity index (χ4n) is 2.72. The number of imide groups is 1. The van der Waals surface area contributed by atoms with Crippen LogP contribution in [0.4, 0.5) is 4.79 Å². The molecular weight excluding hydrogens is 316 g/mol. The van der Waals surface area contributed by atoms with Crippen LogP contribution in [-0.4, -0.2) is 61.7 Å². The summed E-state index contributed by atoms with van der Waals surface area (Å²) in [6, 6.07) is 7.12. The summed E-state index contributed by atoms with van der Waals surface area (Å²) < 4.78 is 0. The van der Waals surface area contributed by atoms with Crippen LogP contribution in [0.3, 0.4) is 0 Å². The number of thioether (sulfide) groups is 1. The van der Waals surface area contributed by atoms with Gasteiger partial charge in [-0.1, -0.05) is 23.9 Å². The van der Waals surface area contributed by atoms with Crippen LogP contribution < -0.4 is 0 Å². The first-order valence-electron chi connectivity index (χ1n) is 7.13. The van der Waals surface area contributed by atoms with Crippen LogP contribution in [0.5, 0.6) is 0 Å². The quantitative estimate of drug-likeness (QED) is 0.822. The molecule has 116 valence electrons. The van der Waals surface area contributed by atoms with Gasteiger partial charge in [-0.25, -0.2) is 4.98 Å². The number of likely N-dealkylation sites (tertiary alicyclic amines) is 1. The molecule has 7 nitrogen and oxygen atoms in total. The molecule has 1 aromatic heterocycles. The minimum absolute atomic E-state index is 0.178. The summed E-state index contributed by atoms with van der Waals surface area (Å²) in [7, 11) is 0. The van der Waals surface area contributed by atoms with Crippen molar-refractivity contribution in [2.75, 3.05) is 18.8 Å². The van der Waals surface area contributed by atoms with E-state index < -0.39 is 0 Å². The third kappa shape index (κ3) is 2.35. The molecule has 0 radical (unpaired) electrons. The highest BCUT2D eigenvalue weighted by Crippen LogP contribution is 2.26. The van der Waals surface area contributed by atoms with E-state index in [9.17, 15) is 14.4 Å². The molecule has 1 aromatic carbocycles. The van der Waals surface area contributed by atoms with E-state index >= 15 is 0 Å². The maximum Gasteiger partial charge on any atom is 0.289 e. The summed E-state index contributed by atoms with van der Waals surface area (Å²) in [5, 5.41) is -0.224. The lowest BCUT2D eigenvalue weighted by Crippen LogP contribution is -2.62. The Morgan fingerprint density at radius 2 is 1.91 bits per heavy atom. The third-order valence-electron chi connectivity index (χ3n) is 3.97. The Morgan fingerprint density at radius 1 is 1.17 bits per heavy atom. The Bertz CT molecular complexity index is 818. The molecule has 0 bridgehead atoms. The number of amides is 3. The van der Waals surface area contributed by atoms with Crippen molar-refractivity contribution in [3.05, 3.63) is 36.2 Å². The second-order valence-corrected chi connectivity index (χ2v) is 6.35. The van der Waals surface area contributed by atoms with Crippen LogP contribution >= 0.6 is 11.8 Å². The highest BCUT2D eigenvalue weighted by Gasteiger charge is 2.43. The summed E-state index contributed by atoms with van der Waals surface area (Å²) in [5.74, 6) is -0.215. The van der Waals surface area contributed by atoms with Gasteiger partial charge in [0.25, 0.3) is 11.1 Å². The zero-order valence-electron chi connectivity index (χ0n) is 12.0. The topological polar surface area (TPSA) is 83.5 Å². The Morgan fingerprint density at radius 3 is 2.61 bits per heavy atom. The van der Waals surface area contributed by atoms with Gasteiger partial charge in [0.15, 0.2) is 0 Å². The van der Waals surface area contributed by atoms with E-state index in [0.29, 0.717) is 18.6 Å². The third-order valence-corrected chi connectivity index (χ3v) is 4.80. The van der Waals surface area contributed by atoms with Crippen LogP contribution in [0.2, 0.25) is 0 Å². The minimum Gasteiger partial charge on any atom is -0.333 e. The molecule has 0 aliphatic carbocycles. The molecule has 2 fully saturated rings. The number of fused-ring (bicyclic) bond motifs is 1. The minimum atomic E-state index is -0.230. The Balaban J connectivity index is 1.48. The number of aromatic nitrogens is 2. The monoisotopic (exact) mass is 328 g/mol. The van der Waals surface area contributed by atoms with Gasteiger partial charge in [0.1, 0.15) is 5.69 Å². The van der Waals surface area contributed by atoms with Gasteiger partial charge in [0.05, 0.1) is 29.0 Å². The smallest absolute Gasteiger partial charge is 0.289 e. The first-order valence-corrected chi connectivity index (χ1v) is 8.12. The Labute approximate surface area is 135 Å². The first kappa shape index (κ1) is 14.1. The molecule has 3 amide bonds. The van der Waals surface area contributed by atoms with Crippen LogP contribution in [0.1, 0.15) is 10.5 Å². The molecule has 0 unspecified atom stereocenters. The van der Waals surface area contributed by atoms with Crippen molar-refractivity contribution in [2.45, 2.75) is 6.04 Å². The Kier molecular flexibility index (Phi) is 3.26. The summed E-state index contributed by atoms with van der Waals surface area (Å²) in [6.07, 6.45) is 1.46. The second-order valence-electron chi connectivity index (χ2n) is 5.43. The van der Waals surface area contributed by atoms with E-state index in [-0.39, 0.29) is 34.5 Å². The number of nitrogens with zero attached hydrogens (tertiary/aromatic N) is 4. The highest BCUT2D eigenvalue weighted by molar-refractivity contribution is 8.14. The normalized spacial score (nSPS) is 18.6. The average Bonchev–Trinajstić information content (AvgIpc) is 2.85. The maximum absolute atomic E-state index is 12.4. The molecule has 2 saturated heterocycles. The number of rotatable bonds is 2. The summed E-state index contributed by atoms with van der Waals surface area (Å²) in [4.78, 5) is 47.1. The fraction of sp³-hybridized carbons (Fsp3) is 0.267. The van der Waals surface area contributed by atoms with Crippen molar-refractivity contribution in [1.82, 2.24) is 19.8 Å². The molecule has 2 aliphatic heterocycles. The lowest BCUT2D eigenvalue weighted by molar-refractivity contribution is -0.128. The summed E-state index contributed by atoms with van der Waals surface area (Å²) >= 11 is 1.01. The SMILES string of the molecule is O=C(c1cnc2ccccc2n1)N1CC(N2C(=O)CSC2=O)C1. The summed E-state index contributed by atoms with van der Waals surface area (Å²) in [6.45, 7) is 0.705. The first-order chi connectivity index (χ1) is 11.1. The maximum atomic E-state index is 12.4. The van der Waals surface area contributed by atoms with Crippen molar-refractivity contribution in [3.63, 3.8) is 0 Å². The highest BCUT2D eigenvalue weighted by atomic mass is 32.2. The Hall–Kier alpha value is -2.48. The van der Waals surface area contributed by atoms with Crippen LogP contribution in [0, 0.1) is 0 Å². The molecule has 3 heterocycles. The number of carbonyl (C=O) groups is 3. The van der Waals surface area contributed by atoms with Gasteiger partial charge < -0.3 is 4.90 Å². The fourth-order valence-corrected chi connectivity index (χ4v) is 3.50. The molecule has 0 saturated carbocycles. The zero-order valence-corrected chi connectivity index (χ0v) is 12.8. The van der Waals surface area contributed by atoms with Crippen molar-refractivity contribution in [1.29, 1.82) is 0 Å². The lowest BCUT2D eigenvalue weighted by Gasteiger charge is -2.42. The van der Waals surface area contributed by atoms with Crippen molar-refractivity contribution >= 4 is 39.8 Å². The van der Waals surface area contributed by atoms with Gasteiger partial charge in [-0.15, -0.1) is 0 Å². The number of hydrogen-bond acceptors (Lipinski definition) is 6. The van der Waals surface area contributed by atoms with Gasteiger partial charge in [-0.2, -0.15) is 0 Å². The van der Waals surface area contributed by atoms with E-state index in [1.54, 1.807) is 11.0 Å². The molecule has 4 rings (SSSR count). The predicted molar refractivity (Wildman–Crippen MR) is 83.9 cm³/mol. The average molecular weight is 328 g/mol. The zero-order chi connectivity index (χ0) is 16.0. The number of para-hydroxylation sites is 2. The van der Waals surface area contributed by atoms with Crippen LogP contribution in [-0.2, 0) is 4.79 Å². The largest absolute Gasteiger partial charge is 0.333 e. The second kappa shape index (κ2) is 5.31. The standard InChI is InChI=1S/C15H12N4O3S/c20-13-8-23-15(22)19(13)9-6-18(7-9)14(21)12-5-16-10-3-1-2-4-11(10)17-12/h1-5,9H,6-8H2. The molecule has 2 aromatic rings. The van der Waals surface area contributed by atoms with E-state index in [1.807, 2.05) is 18.2 Å². The van der Waals surface area contributed by atoms with Gasteiger partial charge in [-0.05, 0) is 12.1 Å². The molecule has 0 N–H and O–H groups in total. The summed E-state index contributed by atoms with van der Waals surface area (Å²) in [5.41, 5.74) is 1.67. The van der Waals surface area contributed by atoms with E-state index in [4.69, 9.17) is 0 Å². The molecule has 8 heteroatoms. The van der Waals surface area contributed by atoms with E-state index in [2.05, 4.69) is 9.97 Å². The number of hydrogen-bond donors (Lipinski definition) is 0. The van der Waals surface area contributed by atoms with E-state index in [1.165, 1.54) is 11.1 Å². The van der Waals surface area contributed by atoms with Crippen LogP contribution in [0.15, 0.2) is 30.5 Å². The molecule has 0 spiro atoms. The number of carbonyl (C=O) groups excluding carboxylic acids is 3. The van der Waals surface area contributed by atoms with E-state index in [0.717, 1.165) is 17.3 Å². The number of benzene rings is 1. The van der Waals surface area contributed by atoms with Crippen molar-refractivity contribution < 1.29 is 14.4 Å². The van der Waals surface area contributed by atoms with Crippen molar-refractivity contribution in [3.8, 4) is 0 Å². The van der Waals surface area contributed by atoms with Crippen molar-refractivity contribution in [2.24, 2.45) is 0 Å². The molecule has 23 heavy (non-hydrogen) atoms. The predicted octanol–water partition coefficient (Wildman–Crippen LogP) is 1.15. The molecular formula is C15H12N4O3S. The lowest BCUT2D eigenvalue weighted by atomic mass is 10.1. The van der Waals surface area contributed by atoms with Gasteiger partial charge in [-0.3, -0.25) is 24.3 Å². The van der Waals surface area contributed by atoms with Gasteiger partial charge in [0, 0.05) is 13.1 Å². The van der Waals surface area contributed by atoms with Gasteiger partial charge >= 0.3 is 0 Å². The molecule has 2 aliphatic rings. The molecule has 0 atom stereocenters.